The first kappa shape index (κ1) is 14.8. The van der Waals surface area contributed by atoms with E-state index in [2.05, 4.69) is 5.92 Å². The molecule has 1 aliphatic rings. The SMILES string of the molecule is C#CC(C)(C)C1CN(C(=O)OC(C)(C)C)CCO1. The van der Waals surface area contributed by atoms with Crippen LogP contribution in [-0.2, 0) is 9.47 Å². The average Bonchev–Trinajstić information content (AvgIpc) is 2.27. The molecular weight excluding hydrogens is 230 g/mol. The van der Waals surface area contributed by atoms with Crippen LogP contribution in [0.4, 0.5) is 4.79 Å². The molecule has 18 heavy (non-hydrogen) atoms. The number of rotatable bonds is 1. The third-order valence-electron chi connectivity index (χ3n) is 2.90. The predicted octanol–water partition coefficient (Wildman–Crippen LogP) is 2.28. The Morgan fingerprint density at radius 2 is 2.00 bits per heavy atom. The van der Waals surface area contributed by atoms with Gasteiger partial charge in [0.1, 0.15) is 5.60 Å². The molecule has 1 saturated heterocycles. The van der Waals surface area contributed by atoms with Crippen molar-refractivity contribution in [2.24, 2.45) is 5.41 Å². The lowest BCUT2D eigenvalue weighted by atomic mass is 9.86. The van der Waals surface area contributed by atoms with Gasteiger partial charge in [0, 0.05) is 6.54 Å². The fourth-order valence-electron chi connectivity index (χ4n) is 1.67. The highest BCUT2D eigenvalue weighted by Crippen LogP contribution is 2.26. The van der Waals surface area contributed by atoms with E-state index in [1.807, 2.05) is 34.6 Å². The van der Waals surface area contributed by atoms with Gasteiger partial charge >= 0.3 is 6.09 Å². The Morgan fingerprint density at radius 3 is 2.50 bits per heavy atom. The molecule has 0 N–H and O–H groups in total. The number of terminal acetylenes is 1. The Labute approximate surface area is 110 Å². The Balaban J connectivity index is 2.65. The number of hydrogen-bond donors (Lipinski definition) is 0. The molecule has 0 aromatic rings. The zero-order chi connectivity index (χ0) is 14.0. The van der Waals surface area contributed by atoms with E-state index in [4.69, 9.17) is 15.9 Å². The summed E-state index contributed by atoms with van der Waals surface area (Å²) in [5.74, 6) is 2.71. The van der Waals surface area contributed by atoms with Crippen LogP contribution < -0.4 is 0 Å². The minimum Gasteiger partial charge on any atom is -0.444 e. The van der Waals surface area contributed by atoms with Gasteiger partial charge in [-0.05, 0) is 34.6 Å². The molecule has 0 aromatic heterocycles. The molecule has 0 bridgehead atoms. The topological polar surface area (TPSA) is 38.8 Å². The van der Waals surface area contributed by atoms with Crippen LogP contribution in [0.25, 0.3) is 0 Å². The van der Waals surface area contributed by atoms with E-state index in [0.29, 0.717) is 19.7 Å². The van der Waals surface area contributed by atoms with Crippen LogP contribution >= 0.6 is 0 Å². The molecule has 4 heteroatoms. The molecule has 1 fully saturated rings. The van der Waals surface area contributed by atoms with Crippen molar-refractivity contribution < 1.29 is 14.3 Å². The van der Waals surface area contributed by atoms with Gasteiger partial charge in [0.15, 0.2) is 0 Å². The standard InChI is InChI=1S/C14H23NO3/c1-7-14(5,6)11-10-15(8-9-17-11)12(16)18-13(2,3)4/h1,11H,8-10H2,2-6H3. The van der Waals surface area contributed by atoms with E-state index in [1.54, 1.807) is 4.90 Å². The fraction of sp³-hybridized carbons (Fsp3) is 0.786. The van der Waals surface area contributed by atoms with Crippen LogP contribution in [-0.4, -0.2) is 42.4 Å². The van der Waals surface area contributed by atoms with Crippen LogP contribution in [0.3, 0.4) is 0 Å². The third-order valence-corrected chi connectivity index (χ3v) is 2.90. The Morgan fingerprint density at radius 1 is 1.39 bits per heavy atom. The molecule has 0 spiro atoms. The zero-order valence-electron chi connectivity index (χ0n) is 11.9. The maximum Gasteiger partial charge on any atom is 0.410 e. The van der Waals surface area contributed by atoms with E-state index in [0.717, 1.165) is 0 Å². The lowest BCUT2D eigenvalue weighted by molar-refractivity contribution is -0.0719. The lowest BCUT2D eigenvalue weighted by Crippen LogP contribution is -2.51. The maximum absolute atomic E-state index is 12.0. The first-order valence-corrected chi connectivity index (χ1v) is 6.23. The van der Waals surface area contributed by atoms with E-state index < -0.39 is 5.60 Å². The largest absolute Gasteiger partial charge is 0.444 e. The van der Waals surface area contributed by atoms with Crippen LogP contribution in [0.1, 0.15) is 34.6 Å². The normalized spacial score (nSPS) is 21.3. The van der Waals surface area contributed by atoms with Gasteiger partial charge in [-0.2, -0.15) is 0 Å². The van der Waals surface area contributed by atoms with E-state index in [9.17, 15) is 4.79 Å². The quantitative estimate of drug-likeness (QED) is 0.673. The zero-order valence-corrected chi connectivity index (χ0v) is 11.9. The van der Waals surface area contributed by atoms with Crippen molar-refractivity contribution in [2.75, 3.05) is 19.7 Å². The smallest absolute Gasteiger partial charge is 0.410 e. The van der Waals surface area contributed by atoms with Gasteiger partial charge in [-0.3, -0.25) is 0 Å². The van der Waals surface area contributed by atoms with Crippen LogP contribution in [0.2, 0.25) is 0 Å². The predicted molar refractivity (Wildman–Crippen MR) is 70.2 cm³/mol. The molecule has 1 unspecified atom stereocenters. The third kappa shape index (κ3) is 3.92. The number of morpholine rings is 1. The summed E-state index contributed by atoms with van der Waals surface area (Å²) >= 11 is 0. The molecule has 1 rings (SSSR count). The second-order valence-electron chi connectivity index (χ2n) is 6.15. The molecule has 1 heterocycles. The molecule has 0 aliphatic carbocycles. The number of carbonyl (C=O) groups is 1. The first-order valence-electron chi connectivity index (χ1n) is 6.23. The highest BCUT2D eigenvalue weighted by Gasteiger charge is 2.35. The summed E-state index contributed by atoms with van der Waals surface area (Å²) in [5, 5.41) is 0. The summed E-state index contributed by atoms with van der Waals surface area (Å²) in [5.41, 5.74) is -0.868. The second kappa shape index (κ2) is 5.19. The average molecular weight is 253 g/mol. The first-order chi connectivity index (χ1) is 8.15. The highest BCUT2D eigenvalue weighted by molar-refractivity contribution is 5.68. The monoisotopic (exact) mass is 253 g/mol. The van der Waals surface area contributed by atoms with Gasteiger partial charge in [0.25, 0.3) is 0 Å². The number of nitrogens with zero attached hydrogens (tertiary/aromatic N) is 1. The van der Waals surface area contributed by atoms with Crippen molar-refractivity contribution in [3.63, 3.8) is 0 Å². The van der Waals surface area contributed by atoms with Gasteiger partial charge in [0.05, 0.1) is 24.7 Å². The van der Waals surface area contributed by atoms with E-state index >= 15 is 0 Å². The van der Waals surface area contributed by atoms with Crippen LogP contribution in [0.15, 0.2) is 0 Å². The van der Waals surface area contributed by atoms with Gasteiger partial charge < -0.3 is 14.4 Å². The molecule has 0 radical (unpaired) electrons. The molecule has 1 aliphatic heterocycles. The Bertz CT molecular complexity index is 349. The number of carbonyl (C=O) groups excluding carboxylic acids is 1. The van der Waals surface area contributed by atoms with Gasteiger partial charge in [-0.15, -0.1) is 6.42 Å². The lowest BCUT2D eigenvalue weighted by Gasteiger charge is -2.39. The Kier molecular flexibility index (Phi) is 4.28. The van der Waals surface area contributed by atoms with Crippen molar-refractivity contribution in [3.8, 4) is 12.3 Å². The molecule has 1 atom stereocenters. The maximum atomic E-state index is 12.0. The highest BCUT2D eigenvalue weighted by atomic mass is 16.6. The van der Waals surface area contributed by atoms with Crippen LogP contribution in [0.5, 0.6) is 0 Å². The summed E-state index contributed by atoms with van der Waals surface area (Å²) in [6, 6.07) is 0. The van der Waals surface area contributed by atoms with Gasteiger partial charge in [-0.25, -0.2) is 4.79 Å². The second-order valence-corrected chi connectivity index (χ2v) is 6.15. The molecule has 0 aromatic carbocycles. The van der Waals surface area contributed by atoms with Crippen molar-refractivity contribution in [1.29, 1.82) is 0 Å². The molecular formula is C14H23NO3. The number of amides is 1. The van der Waals surface area contributed by atoms with Gasteiger partial charge in [-0.1, -0.05) is 5.92 Å². The minimum atomic E-state index is -0.480. The molecule has 0 saturated carbocycles. The summed E-state index contributed by atoms with van der Waals surface area (Å²) in [6.45, 7) is 11.0. The van der Waals surface area contributed by atoms with E-state index in [-0.39, 0.29) is 17.6 Å². The van der Waals surface area contributed by atoms with E-state index in [1.165, 1.54) is 0 Å². The Hall–Kier alpha value is -1.21. The summed E-state index contributed by atoms with van der Waals surface area (Å²) in [6.07, 6.45) is 5.04. The van der Waals surface area contributed by atoms with Gasteiger partial charge in [0.2, 0.25) is 0 Å². The van der Waals surface area contributed by atoms with Crippen molar-refractivity contribution in [1.82, 2.24) is 4.90 Å². The van der Waals surface area contributed by atoms with Crippen LogP contribution in [0, 0.1) is 17.8 Å². The van der Waals surface area contributed by atoms with Crippen molar-refractivity contribution >= 4 is 6.09 Å². The fourth-order valence-corrected chi connectivity index (χ4v) is 1.67. The summed E-state index contributed by atoms with van der Waals surface area (Å²) in [4.78, 5) is 13.6. The summed E-state index contributed by atoms with van der Waals surface area (Å²) in [7, 11) is 0. The summed E-state index contributed by atoms with van der Waals surface area (Å²) < 4.78 is 11.0. The number of ether oxygens (including phenoxy) is 2. The molecule has 102 valence electrons. The molecule has 4 nitrogen and oxygen atoms in total. The number of hydrogen-bond acceptors (Lipinski definition) is 3. The van der Waals surface area contributed by atoms with Crippen molar-refractivity contribution in [2.45, 2.75) is 46.3 Å². The van der Waals surface area contributed by atoms with Crippen molar-refractivity contribution in [3.05, 3.63) is 0 Å². The minimum absolute atomic E-state index is 0.149. The molecule has 1 amide bonds.